The number of carbonyl (C=O) groups is 1. The number of aromatic nitrogens is 1. The first-order chi connectivity index (χ1) is 8.65. The maximum atomic E-state index is 10.8. The summed E-state index contributed by atoms with van der Waals surface area (Å²) in [6, 6.07) is 10.5. The summed E-state index contributed by atoms with van der Waals surface area (Å²) in [7, 11) is 0. The maximum Gasteiger partial charge on any atom is 0.335 e. The van der Waals surface area contributed by atoms with Crippen molar-refractivity contribution in [3.8, 4) is 5.88 Å². The Kier molecular flexibility index (Phi) is 3.94. The van der Waals surface area contributed by atoms with E-state index in [9.17, 15) is 4.79 Å². The fourth-order valence-corrected chi connectivity index (χ4v) is 1.85. The molecule has 0 atom stereocenters. The number of pyridine rings is 1. The lowest BCUT2D eigenvalue weighted by Gasteiger charge is -2.06. The lowest BCUT2D eigenvalue weighted by Crippen LogP contribution is -2.00. The molecule has 1 aromatic carbocycles. The van der Waals surface area contributed by atoms with Crippen molar-refractivity contribution in [3.63, 3.8) is 0 Å². The Morgan fingerprint density at radius 2 is 2.17 bits per heavy atom. The minimum Gasteiger partial charge on any atom is -0.478 e. The lowest BCUT2D eigenvalue weighted by molar-refractivity contribution is 0.0696. The van der Waals surface area contributed by atoms with Gasteiger partial charge in [-0.1, -0.05) is 28.1 Å². The molecule has 0 aliphatic rings. The summed E-state index contributed by atoms with van der Waals surface area (Å²) >= 11 is 3.37. The van der Waals surface area contributed by atoms with Crippen LogP contribution in [0.3, 0.4) is 0 Å². The van der Waals surface area contributed by atoms with Gasteiger partial charge in [0.25, 0.3) is 0 Å². The molecule has 1 aromatic heterocycles. The number of hydrogen-bond acceptors (Lipinski definition) is 3. The second-order valence-corrected chi connectivity index (χ2v) is 4.52. The van der Waals surface area contributed by atoms with Gasteiger partial charge in [0.15, 0.2) is 0 Å². The van der Waals surface area contributed by atoms with Crippen LogP contribution in [0.15, 0.2) is 47.1 Å². The highest BCUT2D eigenvalue weighted by Gasteiger charge is 2.05. The molecule has 0 unspecified atom stereocenters. The maximum absolute atomic E-state index is 10.8. The third kappa shape index (κ3) is 3.30. The van der Waals surface area contributed by atoms with Crippen molar-refractivity contribution < 1.29 is 14.6 Å². The molecule has 0 saturated heterocycles. The second kappa shape index (κ2) is 5.64. The molecule has 0 radical (unpaired) electrons. The topological polar surface area (TPSA) is 59.4 Å². The van der Waals surface area contributed by atoms with Crippen LogP contribution < -0.4 is 4.74 Å². The van der Waals surface area contributed by atoms with Crippen LogP contribution in [0.5, 0.6) is 5.88 Å². The van der Waals surface area contributed by atoms with Crippen molar-refractivity contribution >= 4 is 21.9 Å². The van der Waals surface area contributed by atoms with Gasteiger partial charge in [0.05, 0.1) is 5.56 Å². The summed E-state index contributed by atoms with van der Waals surface area (Å²) in [5.41, 5.74) is 1.14. The highest BCUT2D eigenvalue weighted by atomic mass is 79.9. The Hall–Kier alpha value is -1.88. The zero-order valence-corrected chi connectivity index (χ0v) is 10.9. The summed E-state index contributed by atoms with van der Waals surface area (Å²) in [6.45, 7) is 0.343. The van der Waals surface area contributed by atoms with E-state index >= 15 is 0 Å². The van der Waals surface area contributed by atoms with Crippen LogP contribution in [0.4, 0.5) is 0 Å². The number of carboxylic acids is 1. The lowest BCUT2D eigenvalue weighted by atomic mass is 10.2. The number of ether oxygens (including phenoxy) is 1. The molecule has 0 saturated carbocycles. The fraction of sp³-hybridized carbons (Fsp3) is 0.0769. The number of hydrogen-bond donors (Lipinski definition) is 1. The molecule has 0 bridgehead atoms. The molecular weight excluding hydrogens is 298 g/mol. The van der Waals surface area contributed by atoms with Gasteiger partial charge in [-0.3, -0.25) is 0 Å². The SMILES string of the molecule is O=C(O)c1ccnc(OCc2cccc(Br)c2)c1. The largest absolute Gasteiger partial charge is 0.478 e. The van der Waals surface area contributed by atoms with Crippen LogP contribution in [0.25, 0.3) is 0 Å². The van der Waals surface area contributed by atoms with Gasteiger partial charge in [-0.2, -0.15) is 0 Å². The standard InChI is InChI=1S/C13H10BrNO3/c14-11-3-1-2-9(6-11)8-18-12-7-10(13(16)17)4-5-15-12/h1-7H,8H2,(H,16,17). The monoisotopic (exact) mass is 307 g/mol. The van der Waals surface area contributed by atoms with E-state index in [0.717, 1.165) is 10.0 Å². The minimum absolute atomic E-state index is 0.161. The number of benzene rings is 1. The van der Waals surface area contributed by atoms with E-state index in [1.54, 1.807) is 0 Å². The summed E-state index contributed by atoms with van der Waals surface area (Å²) in [5.74, 6) is -0.695. The quantitative estimate of drug-likeness (QED) is 0.943. The van der Waals surface area contributed by atoms with Gasteiger partial charge in [0.2, 0.25) is 5.88 Å². The van der Waals surface area contributed by atoms with Crippen LogP contribution in [-0.4, -0.2) is 16.1 Å². The van der Waals surface area contributed by atoms with E-state index < -0.39 is 5.97 Å². The Bertz CT molecular complexity index is 572. The third-order valence-corrected chi connectivity index (χ3v) is 2.75. The summed E-state index contributed by atoms with van der Waals surface area (Å²) in [5, 5.41) is 8.84. The van der Waals surface area contributed by atoms with Crippen molar-refractivity contribution in [2.45, 2.75) is 6.61 Å². The zero-order valence-electron chi connectivity index (χ0n) is 9.34. The van der Waals surface area contributed by atoms with E-state index in [0.29, 0.717) is 12.5 Å². The summed E-state index contributed by atoms with van der Waals surface area (Å²) < 4.78 is 6.41. The number of halogens is 1. The fourth-order valence-electron chi connectivity index (χ4n) is 1.41. The number of nitrogens with zero attached hydrogens (tertiary/aromatic N) is 1. The molecule has 2 rings (SSSR count). The Balaban J connectivity index is 2.06. The number of carboxylic acid groups (broad SMARTS) is 1. The molecule has 0 aliphatic heterocycles. The molecule has 92 valence electrons. The molecule has 18 heavy (non-hydrogen) atoms. The van der Waals surface area contributed by atoms with Crippen LogP contribution in [0.1, 0.15) is 15.9 Å². The molecule has 0 fully saturated rings. The van der Waals surface area contributed by atoms with Crippen molar-refractivity contribution in [1.29, 1.82) is 0 Å². The minimum atomic E-state index is -0.996. The molecule has 0 amide bonds. The van der Waals surface area contributed by atoms with E-state index in [1.807, 2.05) is 24.3 Å². The normalized spacial score (nSPS) is 10.1. The number of rotatable bonds is 4. The highest BCUT2D eigenvalue weighted by Crippen LogP contribution is 2.15. The van der Waals surface area contributed by atoms with Gasteiger partial charge in [0.1, 0.15) is 6.61 Å². The van der Waals surface area contributed by atoms with E-state index in [-0.39, 0.29) is 5.56 Å². The molecule has 1 heterocycles. The zero-order chi connectivity index (χ0) is 13.0. The van der Waals surface area contributed by atoms with Crippen molar-refractivity contribution in [3.05, 3.63) is 58.2 Å². The average molecular weight is 308 g/mol. The molecule has 4 nitrogen and oxygen atoms in total. The van der Waals surface area contributed by atoms with Crippen molar-refractivity contribution in [2.24, 2.45) is 0 Å². The highest BCUT2D eigenvalue weighted by molar-refractivity contribution is 9.10. The van der Waals surface area contributed by atoms with E-state index in [1.165, 1.54) is 18.3 Å². The van der Waals surface area contributed by atoms with Crippen LogP contribution in [0.2, 0.25) is 0 Å². The average Bonchev–Trinajstić information content (AvgIpc) is 2.37. The Morgan fingerprint density at radius 1 is 1.33 bits per heavy atom. The van der Waals surface area contributed by atoms with Gasteiger partial charge < -0.3 is 9.84 Å². The summed E-state index contributed by atoms with van der Waals surface area (Å²) in [4.78, 5) is 14.7. The van der Waals surface area contributed by atoms with Gasteiger partial charge in [-0.25, -0.2) is 9.78 Å². The van der Waals surface area contributed by atoms with Gasteiger partial charge in [0, 0.05) is 16.7 Å². The molecule has 1 N–H and O–H groups in total. The van der Waals surface area contributed by atoms with E-state index in [4.69, 9.17) is 9.84 Å². The second-order valence-electron chi connectivity index (χ2n) is 3.61. The predicted molar refractivity (Wildman–Crippen MR) is 69.7 cm³/mol. The molecular formula is C13H10BrNO3. The van der Waals surface area contributed by atoms with Gasteiger partial charge in [-0.15, -0.1) is 0 Å². The molecule has 0 aliphatic carbocycles. The first-order valence-corrected chi connectivity index (χ1v) is 6.01. The van der Waals surface area contributed by atoms with Crippen LogP contribution in [-0.2, 0) is 6.61 Å². The van der Waals surface area contributed by atoms with Gasteiger partial charge in [-0.05, 0) is 23.8 Å². The van der Waals surface area contributed by atoms with Crippen molar-refractivity contribution in [1.82, 2.24) is 4.98 Å². The predicted octanol–water partition coefficient (Wildman–Crippen LogP) is 3.12. The van der Waals surface area contributed by atoms with Gasteiger partial charge >= 0.3 is 5.97 Å². The Labute approximate surface area is 112 Å². The first kappa shape index (κ1) is 12.6. The van der Waals surface area contributed by atoms with Crippen LogP contribution >= 0.6 is 15.9 Å². The van der Waals surface area contributed by atoms with Crippen LogP contribution in [0, 0.1) is 0 Å². The molecule has 2 aromatic rings. The Morgan fingerprint density at radius 3 is 2.89 bits per heavy atom. The third-order valence-electron chi connectivity index (χ3n) is 2.26. The number of aromatic carboxylic acids is 1. The van der Waals surface area contributed by atoms with Crippen molar-refractivity contribution in [2.75, 3.05) is 0 Å². The van der Waals surface area contributed by atoms with E-state index in [2.05, 4.69) is 20.9 Å². The molecule has 0 spiro atoms. The smallest absolute Gasteiger partial charge is 0.335 e. The first-order valence-electron chi connectivity index (χ1n) is 5.22. The molecule has 5 heteroatoms. The summed E-state index contributed by atoms with van der Waals surface area (Å²) in [6.07, 6.45) is 1.42.